The van der Waals surface area contributed by atoms with Crippen molar-refractivity contribution in [2.75, 3.05) is 27.2 Å². The number of hydrogen-bond donors (Lipinski definition) is 2. The Morgan fingerprint density at radius 2 is 1.83 bits per heavy atom. The molecule has 0 saturated heterocycles. The molecule has 3 heteroatoms. The van der Waals surface area contributed by atoms with E-state index in [1.807, 2.05) is 25.9 Å². The Balaban J connectivity index is 2.50. The summed E-state index contributed by atoms with van der Waals surface area (Å²) in [6.45, 7) is 7.31. The van der Waals surface area contributed by atoms with Gasteiger partial charge in [-0.2, -0.15) is 0 Å². The molecule has 0 fully saturated rings. The lowest BCUT2D eigenvalue weighted by atomic mass is 10.0. The topological polar surface area (TPSA) is 35.5 Å². The molecule has 0 aliphatic heterocycles. The van der Waals surface area contributed by atoms with Gasteiger partial charge in [0.2, 0.25) is 0 Å². The van der Waals surface area contributed by atoms with Crippen molar-refractivity contribution in [3.63, 3.8) is 0 Å². The molecule has 0 amide bonds. The number of aliphatic hydroxyl groups is 1. The third kappa shape index (κ3) is 5.17. The molecule has 1 aromatic rings. The number of hydrogen-bond acceptors (Lipinski definition) is 3. The molecule has 3 nitrogen and oxygen atoms in total. The monoisotopic (exact) mass is 250 g/mol. The number of likely N-dealkylation sites (N-methyl/N-ethyl adjacent to an activating group) is 1. The maximum absolute atomic E-state index is 10.2. The van der Waals surface area contributed by atoms with Gasteiger partial charge in [0, 0.05) is 19.1 Å². The van der Waals surface area contributed by atoms with Crippen LogP contribution in [0.5, 0.6) is 0 Å². The SMILES string of the molecule is Cc1ccc(C(C)NCC(C)(O)CN(C)C)cc1. The van der Waals surface area contributed by atoms with Gasteiger partial charge in [-0.25, -0.2) is 0 Å². The van der Waals surface area contributed by atoms with Crippen molar-refractivity contribution >= 4 is 0 Å². The summed E-state index contributed by atoms with van der Waals surface area (Å²) in [6.07, 6.45) is 0. The molecule has 0 bridgehead atoms. The predicted octanol–water partition coefficient (Wildman–Crippen LogP) is 1.96. The maximum Gasteiger partial charge on any atom is 0.0869 e. The molecule has 2 N–H and O–H groups in total. The van der Waals surface area contributed by atoms with Gasteiger partial charge >= 0.3 is 0 Å². The van der Waals surface area contributed by atoms with Crippen LogP contribution in [-0.2, 0) is 0 Å². The van der Waals surface area contributed by atoms with Crippen molar-refractivity contribution in [3.8, 4) is 0 Å². The van der Waals surface area contributed by atoms with Gasteiger partial charge in [-0.15, -0.1) is 0 Å². The van der Waals surface area contributed by atoms with Gasteiger partial charge < -0.3 is 15.3 Å². The lowest BCUT2D eigenvalue weighted by molar-refractivity contribution is 0.0317. The fraction of sp³-hybridized carbons (Fsp3) is 0.600. The fourth-order valence-electron chi connectivity index (χ4n) is 2.08. The van der Waals surface area contributed by atoms with E-state index in [0.717, 1.165) is 0 Å². The first-order valence-corrected chi connectivity index (χ1v) is 6.47. The highest BCUT2D eigenvalue weighted by Crippen LogP contribution is 2.14. The van der Waals surface area contributed by atoms with E-state index in [2.05, 4.69) is 43.4 Å². The molecule has 0 aromatic heterocycles. The molecule has 102 valence electrons. The predicted molar refractivity (Wildman–Crippen MR) is 76.8 cm³/mol. The second-order valence-electron chi connectivity index (χ2n) is 5.75. The molecule has 0 radical (unpaired) electrons. The summed E-state index contributed by atoms with van der Waals surface area (Å²) in [7, 11) is 3.94. The van der Waals surface area contributed by atoms with E-state index < -0.39 is 5.60 Å². The molecule has 0 aliphatic carbocycles. The van der Waals surface area contributed by atoms with Gasteiger partial charge in [-0.3, -0.25) is 0 Å². The molecule has 0 aliphatic rings. The Kier molecular flexibility index (Phi) is 5.32. The van der Waals surface area contributed by atoms with E-state index in [1.165, 1.54) is 11.1 Å². The van der Waals surface area contributed by atoms with Crippen LogP contribution in [0.3, 0.4) is 0 Å². The van der Waals surface area contributed by atoms with Crippen LogP contribution in [0.4, 0.5) is 0 Å². The Morgan fingerprint density at radius 3 is 2.33 bits per heavy atom. The molecule has 0 heterocycles. The van der Waals surface area contributed by atoms with Gasteiger partial charge in [0.25, 0.3) is 0 Å². The first kappa shape index (κ1) is 15.2. The van der Waals surface area contributed by atoms with Crippen LogP contribution in [0.15, 0.2) is 24.3 Å². The van der Waals surface area contributed by atoms with Gasteiger partial charge in [-0.05, 0) is 40.4 Å². The first-order chi connectivity index (χ1) is 8.30. The van der Waals surface area contributed by atoms with Gasteiger partial charge in [0.1, 0.15) is 0 Å². The molecule has 0 saturated carbocycles. The summed E-state index contributed by atoms with van der Waals surface area (Å²) in [5.74, 6) is 0. The molecule has 18 heavy (non-hydrogen) atoms. The summed E-state index contributed by atoms with van der Waals surface area (Å²) in [5, 5.41) is 13.6. The lowest BCUT2D eigenvalue weighted by Gasteiger charge is -2.29. The zero-order valence-electron chi connectivity index (χ0n) is 12.2. The van der Waals surface area contributed by atoms with Gasteiger partial charge in [-0.1, -0.05) is 29.8 Å². The zero-order valence-corrected chi connectivity index (χ0v) is 12.2. The van der Waals surface area contributed by atoms with E-state index in [-0.39, 0.29) is 6.04 Å². The van der Waals surface area contributed by atoms with E-state index in [4.69, 9.17) is 0 Å². The van der Waals surface area contributed by atoms with Crippen molar-refractivity contribution in [1.29, 1.82) is 0 Å². The molecule has 2 unspecified atom stereocenters. The summed E-state index contributed by atoms with van der Waals surface area (Å²) < 4.78 is 0. The summed E-state index contributed by atoms with van der Waals surface area (Å²) in [4.78, 5) is 2.00. The summed E-state index contributed by atoms with van der Waals surface area (Å²) >= 11 is 0. The highest BCUT2D eigenvalue weighted by atomic mass is 16.3. The number of benzene rings is 1. The summed E-state index contributed by atoms with van der Waals surface area (Å²) in [5.41, 5.74) is 1.81. The maximum atomic E-state index is 10.2. The number of aryl methyl sites for hydroxylation is 1. The average molecular weight is 250 g/mol. The Hall–Kier alpha value is -0.900. The van der Waals surface area contributed by atoms with Crippen molar-refractivity contribution in [1.82, 2.24) is 10.2 Å². The van der Waals surface area contributed by atoms with E-state index >= 15 is 0 Å². The first-order valence-electron chi connectivity index (χ1n) is 6.47. The van der Waals surface area contributed by atoms with Crippen LogP contribution >= 0.6 is 0 Å². The largest absolute Gasteiger partial charge is 0.388 e. The number of rotatable bonds is 6. The zero-order chi connectivity index (χ0) is 13.8. The van der Waals surface area contributed by atoms with Crippen LogP contribution in [-0.4, -0.2) is 42.8 Å². The number of nitrogens with zero attached hydrogens (tertiary/aromatic N) is 1. The Bertz CT molecular complexity index is 357. The lowest BCUT2D eigenvalue weighted by Crippen LogP contribution is -2.46. The highest BCUT2D eigenvalue weighted by Gasteiger charge is 2.21. The quantitative estimate of drug-likeness (QED) is 0.810. The minimum Gasteiger partial charge on any atom is -0.388 e. The van der Waals surface area contributed by atoms with Crippen molar-refractivity contribution in [2.24, 2.45) is 0 Å². The van der Waals surface area contributed by atoms with Crippen molar-refractivity contribution in [3.05, 3.63) is 35.4 Å². The van der Waals surface area contributed by atoms with Crippen LogP contribution in [0.2, 0.25) is 0 Å². The Morgan fingerprint density at radius 1 is 1.28 bits per heavy atom. The molecule has 0 spiro atoms. The van der Waals surface area contributed by atoms with Crippen molar-refractivity contribution in [2.45, 2.75) is 32.4 Å². The molecule has 1 aromatic carbocycles. The van der Waals surface area contributed by atoms with Crippen LogP contribution in [0.1, 0.15) is 31.0 Å². The second-order valence-corrected chi connectivity index (χ2v) is 5.75. The third-order valence-corrected chi connectivity index (χ3v) is 3.02. The van der Waals surface area contributed by atoms with Gasteiger partial charge in [0.15, 0.2) is 0 Å². The normalized spacial score (nSPS) is 16.6. The molecule has 2 atom stereocenters. The van der Waals surface area contributed by atoms with Crippen molar-refractivity contribution < 1.29 is 5.11 Å². The Labute approximate surface area is 111 Å². The smallest absolute Gasteiger partial charge is 0.0869 e. The van der Waals surface area contributed by atoms with Crippen LogP contribution < -0.4 is 5.32 Å². The van der Waals surface area contributed by atoms with E-state index in [0.29, 0.717) is 13.1 Å². The third-order valence-electron chi connectivity index (χ3n) is 3.02. The standard InChI is InChI=1S/C15H26N2O/c1-12-6-8-14(9-7-12)13(2)16-10-15(3,18)11-17(4)5/h6-9,13,16,18H,10-11H2,1-5H3. The van der Waals surface area contributed by atoms with Gasteiger partial charge in [0.05, 0.1) is 5.60 Å². The van der Waals surface area contributed by atoms with Crippen LogP contribution in [0, 0.1) is 6.92 Å². The van der Waals surface area contributed by atoms with E-state index in [1.54, 1.807) is 0 Å². The molecular formula is C15H26N2O. The molecule has 1 rings (SSSR count). The minimum absolute atomic E-state index is 0.249. The van der Waals surface area contributed by atoms with E-state index in [9.17, 15) is 5.11 Å². The average Bonchev–Trinajstić information content (AvgIpc) is 2.25. The fourth-order valence-corrected chi connectivity index (χ4v) is 2.08. The minimum atomic E-state index is -0.706. The second kappa shape index (κ2) is 6.32. The summed E-state index contributed by atoms with van der Waals surface area (Å²) in [6, 6.07) is 8.75. The van der Waals surface area contributed by atoms with Crippen LogP contribution in [0.25, 0.3) is 0 Å². The highest BCUT2D eigenvalue weighted by molar-refractivity contribution is 5.23. The molecular weight excluding hydrogens is 224 g/mol. The number of nitrogens with one attached hydrogen (secondary N) is 1.